The van der Waals surface area contributed by atoms with Crippen LogP contribution in [0.4, 0.5) is 5.69 Å². The number of hydrogen-bond acceptors (Lipinski definition) is 14. The third-order valence-electron chi connectivity index (χ3n) is 3.60. The van der Waals surface area contributed by atoms with Crippen molar-refractivity contribution < 1.29 is 34.3 Å². The molecule has 0 aliphatic heterocycles. The maximum Gasteiger partial charge on any atom is 0.453 e. The van der Waals surface area contributed by atoms with Crippen LogP contribution >= 0.6 is 0 Å². The molecular formula is C16H24N8O7. The first-order valence-corrected chi connectivity index (χ1v) is 8.31. The monoisotopic (exact) mass is 440 g/mol. The first-order chi connectivity index (χ1) is 14.0. The van der Waals surface area contributed by atoms with Crippen molar-refractivity contribution in [3.05, 3.63) is 41.5 Å². The number of nitrogen functional groups attached to an aromatic ring is 1. The molecule has 19 N–H and O–H groups in total. The van der Waals surface area contributed by atoms with Crippen molar-refractivity contribution in [3.8, 4) is 23.0 Å². The summed E-state index contributed by atoms with van der Waals surface area (Å²) in [6.07, 6.45) is -3.62. The third-order valence-corrected chi connectivity index (χ3v) is 3.60. The van der Waals surface area contributed by atoms with Gasteiger partial charge in [-0.05, 0) is 24.3 Å². The van der Waals surface area contributed by atoms with Gasteiger partial charge in [-0.15, -0.1) is 0 Å². The van der Waals surface area contributed by atoms with E-state index in [2.05, 4.69) is 4.74 Å². The van der Waals surface area contributed by atoms with Crippen LogP contribution in [-0.4, -0.2) is 33.4 Å². The summed E-state index contributed by atoms with van der Waals surface area (Å²) in [5, 5.41) is 27.5. The van der Waals surface area contributed by atoms with E-state index in [4.69, 9.17) is 55.3 Å². The summed E-state index contributed by atoms with van der Waals surface area (Å²) in [5.74, 6) is -6.07. The van der Waals surface area contributed by atoms with Crippen molar-refractivity contribution in [1.29, 1.82) is 0 Å². The molecule has 0 spiro atoms. The summed E-state index contributed by atoms with van der Waals surface area (Å²) in [4.78, 5) is 12.0. The van der Waals surface area contributed by atoms with Crippen LogP contribution < -0.4 is 60.1 Å². The minimum Gasteiger partial charge on any atom is -0.453 e. The molecule has 0 saturated carbocycles. The predicted molar refractivity (Wildman–Crippen MR) is 106 cm³/mol. The highest BCUT2D eigenvalue weighted by atomic mass is 16.9. The lowest BCUT2D eigenvalue weighted by molar-refractivity contribution is -0.419. The topological polar surface area (TPSA) is 314 Å². The average molecular weight is 440 g/mol. The van der Waals surface area contributed by atoms with Crippen LogP contribution in [0.25, 0.3) is 0 Å². The smallest absolute Gasteiger partial charge is 0.453 e. The average Bonchev–Trinajstić information content (AvgIpc) is 2.52. The number of carbonyl (C=O) groups excluding carboxylic acids is 1. The molecule has 15 heteroatoms. The molecule has 0 radical (unpaired) electrons. The standard InChI is InChI=1S/C16H24N8O7/c17-12-7(14(19,20)21)2-4-9(11(12)13(18)25)29-8-3-1-6(30-15(22,23)24)5-10(8)31-16(26,27)28/h1-5,26-28H,17,19-24H2,(H2,18,25). The Labute approximate surface area is 175 Å². The number of carbonyl (C=O) groups is 1. The van der Waals surface area contributed by atoms with E-state index in [1.54, 1.807) is 0 Å². The summed E-state index contributed by atoms with van der Waals surface area (Å²) >= 11 is 0. The van der Waals surface area contributed by atoms with Crippen molar-refractivity contribution in [2.24, 2.45) is 40.1 Å². The normalized spacial score (nSPS) is 12.4. The van der Waals surface area contributed by atoms with Gasteiger partial charge in [-0.25, -0.2) is 0 Å². The second-order valence-electron chi connectivity index (χ2n) is 6.54. The highest BCUT2D eigenvalue weighted by Crippen LogP contribution is 2.39. The molecule has 0 bridgehead atoms. The molecule has 15 nitrogen and oxygen atoms in total. The minimum absolute atomic E-state index is 0.000796. The van der Waals surface area contributed by atoms with Crippen LogP contribution in [0.1, 0.15) is 15.9 Å². The van der Waals surface area contributed by atoms with Crippen LogP contribution in [-0.2, 0) is 5.79 Å². The highest BCUT2D eigenvalue weighted by Gasteiger charge is 2.28. The predicted octanol–water partition coefficient (Wildman–Crippen LogP) is -4.02. The van der Waals surface area contributed by atoms with E-state index in [0.29, 0.717) is 0 Å². The van der Waals surface area contributed by atoms with Gasteiger partial charge in [0.15, 0.2) is 11.5 Å². The molecule has 31 heavy (non-hydrogen) atoms. The van der Waals surface area contributed by atoms with Gasteiger partial charge in [0.1, 0.15) is 22.8 Å². The Balaban J connectivity index is 2.56. The molecule has 0 aliphatic rings. The van der Waals surface area contributed by atoms with Crippen molar-refractivity contribution in [2.45, 2.75) is 17.9 Å². The number of nitrogens with two attached hydrogens (primary N) is 8. The van der Waals surface area contributed by atoms with Gasteiger partial charge in [0.2, 0.25) is 0 Å². The van der Waals surface area contributed by atoms with Gasteiger partial charge in [-0.3, -0.25) is 39.2 Å². The molecule has 2 rings (SSSR count). The number of anilines is 1. The molecule has 0 heterocycles. The van der Waals surface area contributed by atoms with Crippen LogP contribution in [0.2, 0.25) is 0 Å². The summed E-state index contributed by atoms with van der Waals surface area (Å²) in [5.41, 5.74) is 43.6. The first kappa shape index (κ1) is 24.0. The lowest BCUT2D eigenvalue weighted by atomic mass is 10.0. The van der Waals surface area contributed by atoms with Gasteiger partial charge < -0.3 is 41.0 Å². The lowest BCUT2D eigenvalue weighted by Gasteiger charge is -2.24. The van der Waals surface area contributed by atoms with E-state index < -0.39 is 29.6 Å². The molecule has 0 unspecified atom stereocenters. The summed E-state index contributed by atoms with van der Waals surface area (Å²) in [7, 11) is 0. The zero-order valence-corrected chi connectivity index (χ0v) is 16.0. The van der Waals surface area contributed by atoms with E-state index in [9.17, 15) is 20.1 Å². The molecule has 0 atom stereocenters. The van der Waals surface area contributed by atoms with Crippen LogP contribution in [0.15, 0.2) is 30.3 Å². The number of primary amides is 1. The number of aliphatic hydroxyl groups is 3. The molecule has 0 saturated heterocycles. The fourth-order valence-corrected chi connectivity index (χ4v) is 2.50. The molecular weight excluding hydrogens is 416 g/mol. The molecule has 170 valence electrons. The minimum atomic E-state index is -3.62. The Morgan fingerprint density at radius 2 is 1.42 bits per heavy atom. The number of hydrogen-bond donors (Lipinski definition) is 11. The molecule has 0 aromatic heterocycles. The van der Waals surface area contributed by atoms with Crippen LogP contribution in [0.5, 0.6) is 23.0 Å². The summed E-state index contributed by atoms with van der Waals surface area (Å²) < 4.78 is 15.2. The molecule has 2 aromatic carbocycles. The zero-order chi connectivity index (χ0) is 23.8. The Morgan fingerprint density at radius 1 is 0.839 bits per heavy atom. The van der Waals surface area contributed by atoms with Crippen LogP contribution in [0.3, 0.4) is 0 Å². The maximum atomic E-state index is 12.0. The SMILES string of the molecule is NC(=O)c1c(Oc2ccc(OC(N)(N)N)cc2OC(O)(O)O)ccc(C(N)(N)N)c1N. The van der Waals surface area contributed by atoms with Gasteiger partial charge >= 0.3 is 6.16 Å². The molecule has 0 fully saturated rings. The number of rotatable bonds is 8. The molecule has 2 aromatic rings. The van der Waals surface area contributed by atoms with Gasteiger partial charge in [-0.1, -0.05) is 0 Å². The van der Waals surface area contributed by atoms with Gasteiger partial charge in [0, 0.05) is 11.6 Å². The largest absolute Gasteiger partial charge is 0.453 e. The van der Waals surface area contributed by atoms with Gasteiger partial charge in [0.05, 0.1) is 5.69 Å². The Hall–Kier alpha value is -3.25. The van der Waals surface area contributed by atoms with Crippen LogP contribution in [0, 0.1) is 0 Å². The Morgan fingerprint density at radius 3 is 1.90 bits per heavy atom. The zero-order valence-electron chi connectivity index (χ0n) is 16.0. The first-order valence-electron chi connectivity index (χ1n) is 8.31. The summed E-state index contributed by atoms with van der Waals surface area (Å²) in [6.45, 7) is 0. The molecule has 0 aliphatic carbocycles. The quantitative estimate of drug-likeness (QED) is 0.137. The summed E-state index contributed by atoms with van der Waals surface area (Å²) in [6, 6.07) is 5.95. The van der Waals surface area contributed by atoms with Crippen molar-refractivity contribution in [1.82, 2.24) is 0 Å². The number of ether oxygens (including phenoxy) is 3. The highest BCUT2D eigenvalue weighted by molar-refractivity contribution is 6.01. The van der Waals surface area contributed by atoms with Gasteiger partial charge in [0.25, 0.3) is 11.9 Å². The van der Waals surface area contributed by atoms with Gasteiger partial charge in [-0.2, -0.15) is 0 Å². The third kappa shape index (κ3) is 6.36. The second kappa shape index (κ2) is 8.12. The Bertz CT molecular complexity index is 980. The second-order valence-corrected chi connectivity index (χ2v) is 6.54. The van der Waals surface area contributed by atoms with E-state index in [1.165, 1.54) is 24.3 Å². The fourth-order valence-electron chi connectivity index (χ4n) is 2.50. The van der Waals surface area contributed by atoms with E-state index >= 15 is 0 Å². The Kier molecular flexibility index (Phi) is 6.29. The van der Waals surface area contributed by atoms with Crippen molar-refractivity contribution in [2.75, 3.05) is 5.73 Å². The van der Waals surface area contributed by atoms with E-state index in [0.717, 1.165) is 6.07 Å². The fraction of sp³-hybridized carbons (Fsp3) is 0.188. The van der Waals surface area contributed by atoms with Crippen molar-refractivity contribution in [3.63, 3.8) is 0 Å². The lowest BCUT2D eigenvalue weighted by Crippen LogP contribution is -2.62. The number of benzene rings is 2. The molecule has 1 amide bonds. The van der Waals surface area contributed by atoms with Crippen molar-refractivity contribution >= 4 is 11.6 Å². The van der Waals surface area contributed by atoms with E-state index in [1.807, 2.05) is 0 Å². The number of amides is 1. The maximum absolute atomic E-state index is 12.0. The van der Waals surface area contributed by atoms with E-state index in [-0.39, 0.29) is 34.1 Å².